The number of carbonyl (C=O) groups excluding carboxylic acids is 1. The Labute approximate surface area is 123 Å². The van der Waals surface area contributed by atoms with Gasteiger partial charge in [0, 0.05) is 4.88 Å². The van der Waals surface area contributed by atoms with E-state index in [0.717, 1.165) is 15.3 Å². The molecule has 0 aliphatic heterocycles. The fourth-order valence-corrected chi connectivity index (χ4v) is 2.65. The molecule has 0 N–H and O–H groups in total. The molecule has 0 saturated carbocycles. The van der Waals surface area contributed by atoms with E-state index in [9.17, 15) is 13.6 Å². The summed E-state index contributed by atoms with van der Waals surface area (Å²) in [5, 5.41) is 7.78. The molecule has 0 aliphatic rings. The van der Waals surface area contributed by atoms with Gasteiger partial charge in [-0.1, -0.05) is 5.21 Å². The molecular weight excluding hydrogens is 302 g/mol. The number of aromatic nitrogens is 4. The van der Waals surface area contributed by atoms with Crippen LogP contribution in [0.4, 0.5) is 8.78 Å². The minimum Gasteiger partial charge on any atom is -0.461 e. The SMILES string of the molecule is CCOC(=O)c1nnn(Cc2nc(C)c(C)s2)c1C(F)F. The average molecular weight is 316 g/mol. The van der Waals surface area contributed by atoms with Gasteiger partial charge in [-0.15, -0.1) is 16.4 Å². The first-order chi connectivity index (χ1) is 9.93. The summed E-state index contributed by atoms with van der Waals surface area (Å²) in [5.41, 5.74) is -0.143. The van der Waals surface area contributed by atoms with E-state index >= 15 is 0 Å². The Morgan fingerprint density at radius 2 is 2.14 bits per heavy atom. The summed E-state index contributed by atoms with van der Waals surface area (Å²) in [6.07, 6.45) is -2.87. The number of ether oxygens (including phenoxy) is 1. The number of rotatable bonds is 5. The van der Waals surface area contributed by atoms with Crippen LogP contribution in [-0.4, -0.2) is 32.6 Å². The maximum absolute atomic E-state index is 13.2. The highest BCUT2D eigenvalue weighted by Gasteiger charge is 2.28. The molecule has 0 saturated heterocycles. The minimum absolute atomic E-state index is 0.0470. The van der Waals surface area contributed by atoms with Gasteiger partial charge in [0.1, 0.15) is 10.7 Å². The van der Waals surface area contributed by atoms with Crippen LogP contribution in [0.2, 0.25) is 0 Å². The van der Waals surface area contributed by atoms with E-state index in [1.165, 1.54) is 11.3 Å². The van der Waals surface area contributed by atoms with Crippen LogP contribution in [0, 0.1) is 13.8 Å². The lowest BCUT2D eigenvalue weighted by Crippen LogP contribution is -2.12. The third kappa shape index (κ3) is 3.23. The third-order valence-corrected chi connectivity index (χ3v) is 3.86. The molecular formula is C12H14F2N4O2S. The van der Waals surface area contributed by atoms with Gasteiger partial charge < -0.3 is 4.74 Å². The summed E-state index contributed by atoms with van der Waals surface area (Å²) in [4.78, 5) is 16.9. The number of carbonyl (C=O) groups is 1. The maximum atomic E-state index is 13.2. The van der Waals surface area contributed by atoms with Gasteiger partial charge in [0.25, 0.3) is 6.43 Å². The molecule has 2 aromatic heterocycles. The normalized spacial score (nSPS) is 11.1. The lowest BCUT2D eigenvalue weighted by molar-refractivity contribution is 0.0506. The van der Waals surface area contributed by atoms with Crippen LogP contribution in [0.1, 0.15) is 45.1 Å². The molecule has 0 aliphatic carbocycles. The molecule has 2 heterocycles. The molecule has 2 aromatic rings. The summed E-state index contributed by atoms with van der Waals surface area (Å²) in [6, 6.07) is 0. The first-order valence-electron chi connectivity index (χ1n) is 6.25. The zero-order chi connectivity index (χ0) is 15.6. The molecule has 0 amide bonds. The molecule has 0 aromatic carbocycles. The number of hydrogen-bond acceptors (Lipinski definition) is 6. The predicted octanol–water partition coefficient (Wildman–Crippen LogP) is 2.51. The smallest absolute Gasteiger partial charge is 0.361 e. The summed E-state index contributed by atoms with van der Waals surface area (Å²) < 4.78 is 32.1. The van der Waals surface area contributed by atoms with Crippen LogP contribution >= 0.6 is 11.3 Å². The number of alkyl halides is 2. The van der Waals surface area contributed by atoms with Crippen LogP contribution in [-0.2, 0) is 11.3 Å². The van der Waals surface area contributed by atoms with Crippen molar-refractivity contribution in [2.75, 3.05) is 6.61 Å². The van der Waals surface area contributed by atoms with Crippen molar-refractivity contribution in [3.8, 4) is 0 Å². The van der Waals surface area contributed by atoms with Crippen molar-refractivity contribution in [3.05, 3.63) is 27.0 Å². The van der Waals surface area contributed by atoms with Crippen molar-refractivity contribution in [1.29, 1.82) is 0 Å². The molecule has 0 spiro atoms. The molecule has 0 fully saturated rings. The van der Waals surface area contributed by atoms with Crippen molar-refractivity contribution in [2.45, 2.75) is 33.7 Å². The summed E-state index contributed by atoms with van der Waals surface area (Å²) in [7, 11) is 0. The Balaban J connectivity index is 2.33. The van der Waals surface area contributed by atoms with Gasteiger partial charge in [-0.2, -0.15) is 0 Å². The van der Waals surface area contributed by atoms with Crippen molar-refractivity contribution in [2.24, 2.45) is 0 Å². The van der Waals surface area contributed by atoms with Crippen LogP contribution in [0.25, 0.3) is 0 Å². The standard InChI is InChI=1S/C12H14F2N4O2S/c1-4-20-12(19)9-10(11(13)14)18(17-16-9)5-8-15-6(2)7(3)21-8/h11H,4-5H2,1-3H3. The Hall–Kier alpha value is -1.90. The Morgan fingerprint density at radius 3 is 2.67 bits per heavy atom. The molecule has 21 heavy (non-hydrogen) atoms. The van der Waals surface area contributed by atoms with E-state index in [4.69, 9.17) is 4.74 Å². The second-order valence-electron chi connectivity index (χ2n) is 4.25. The van der Waals surface area contributed by atoms with Crippen molar-refractivity contribution < 1.29 is 18.3 Å². The first-order valence-corrected chi connectivity index (χ1v) is 7.07. The van der Waals surface area contributed by atoms with Gasteiger partial charge in [0.05, 0.1) is 18.8 Å². The van der Waals surface area contributed by atoms with Gasteiger partial charge in [-0.25, -0.2) is 23.2 Å². The van der Waals surface area contributed by atoms with E-state index in [0.29, 0.717) is 5.01 Å². The highest BCUT2D eigenvalue weighted by Crippen LogP contribution is 2.24. The van der Waals surface area contributed by atoms with E-state index in [1.807, 2.05) is 13.8 Å². The molecule has 6 nitrogen and oxygen atoms in total. The van der Waals surface area contributed by atoms with Crippen LogP contribution in [0.5, 0.6) is 0 Å². The predicted molar refractivity (Wildman–Crippen MR) is 71.6 cm³/mol. The average Bonchev–Trinajstić information content (AvgIpc) is 2.95. The first kappa shape index (κ1) is 15.5. The molecule has 0 radical (unpaired) electrons. The monoisotopic (exact) mass is 316 g/mol. The van der Waals surface area contributed by atoms with Crippen LogP contribution < -0.4 is 0 Å². The van der Waals surface area contributed by atoms with Gasteiger partial charge in [0.2, 0.25) is 0 Å². The fourth-order valence-electron chi connectivity index (χ4n) is 1.73. The molecule has 2 rings (SSSR count). The number of hydrogen-bond donors (Lipinski definition) is 0. The van der Waals surface area contributed by atoms with Gasteiger partial charge in [0.15, 0.2) is 5.69 Å². The maximum Gasteiger partial charge on any atom is 0.361 e. The Bertz CT molecular complexity index is 634. The molecule has 9 heteroatoms. The fraction of sp³-hybridized carbons (Fsp3) is 0.500. The number of thiazole rings is 1. The topological polar surface area (TPSA) is 69.9 Å². The zero-order valence-electron chi connectivity index (χ0n) is 11.8. The van der Waals surface area contributed by atoms with Gasteiger partial charge in [-0.3, -0.25) is 0 Å². The zero-order valence-corrected chi connectivity index (χ0v) is 12.6. The van der Waals surface area contributed by atoms with Crippen LogP contribution in [0.3, 0.4) is 0 Å². The quantitative estimate of drug-likeness (QED) is 0.793. The minimum atomic E-state index is -2.87. The summed E-state index contributed by atoms with van der Waals surface area (Å²) in [5.74, 6) is -0.898. The van der Waals surface area contributed by atoms with Gasteiger partial charge >= 0.3 is 5.97 Å². The lowest BCUT2D eigenvalue weighted by Gasteiger charge is -2.05. The summed E-state index contributed by atoms with van der Waals surface area (Å²) >= 11 is 1.40. The van der Waals surface area contributed by atoms with E-state index < -0.39 is 23.8 Å². The van der Waals surface area contributed by atoms with Crippen molar-refractivity contribution >= 4 is 17.3 Å². The van der Waals surface area contributed by atoms with E-state index in [2.05, 4.69) is 15.3 Å². The highest BCUT2D eigenvalue weighted by atomic mass is 32.1. The third-order valence-electron chi connectivity index (χ3n) is 2.81. The Morgan fingerprint density at radius 1 is 1.43 bits per heavy atom. The van der Waals surface area contributed by atoms with E-state index in [1.54, 1.807) is 6.92 Å². The Kier molecular flexibility index (Phi) is 4.61. The van der Waals surface area contributed by atoms with Gasteiger partial charge in [-0.05, 0) is 20.8 Å². The molecule has 114 valence electrons. The van der Waals surface area contributed by atoms with Crippen molar-refractivity contribution in [1.82, 2.24) is 20.0 Å². The van der Waals surface area contributed by atoms with E-state index in [-0.39, 0.29) is 13.2 Å². The lowest BCUT2D eigenvalue weighted by atomic mass is 10.3. The largest absolute Gasteiger partial charge is 0.461 e. The number of aryl methyl sites for hydroxylation is 2. The number of halogens is 2. The number of esters is 1. The molecule has 0 atom stereocenters. The molecule has 0 bridgehead atoms. The second kappa shape index (κ2) is 6.25. The van der Waals surface area contributed by atoms with Crippen LogP contribution in [0.15, 0.2) is 0 Å². The van der Waals surface area contributed by atoms with Crippen molar-refractivity contribution in [3.63, 3.8) is 0 Å². The number of nitrogens with zero attached hydrogens (tertiary/aromatic N) is 4. The highest BCUT2D eigenvalue weighted by molar-refractivity contribution is 7.11. The summed E-state index contributed by atoms with van der Waals surface area (Å²) in [6.45, 7) is 5.46. The molecule has 0 unspecified atom stereocenters. The second-order valence-corrected chi connectivity index (χ2v) is 5.54.